The Morgan fingerprint density at radius 1 is 1.00 bits per heavy atom. The molecule has 0 atom stereocenters. The molecule has 1 aliphatic heterocycles. The Labute approximate surface area is 196 Å². The molecule has 2 aromatic carbocycles. The molecule has 6 heteroatoms. The Kier molecular flexibility index (Phi) is 8.04. The molecular weight excluding hydrogens is 414 g/mol. The molecule has 3 aromatic rings. The summed E-state index contributed by atoms with van der Waals surface area (Å²) in [6, 6.07) is 20.1. The number of carbonyl (C=O) groups is 1. The molecule has 1 aromatic heterocycles. The van der Waals surface area contributed by atoms with Crippen molar-refractivity contribution in [3.8, 4) is 5.75 Å². The largest absolute Gasteiger partial charge is 0.489 e. The first kappa shape index (κ1) is 22.9. The molecule has 0 radical (unpaired) electrons. The van der Waals surface area contributed by atoms with Crippen LogP contribution in [0.5, 0.6) is 5.75 Å². The fraction of sp³-hybridized carbons (Fsp3) is 0.370. The molecule has 174 valence electrons. The zero-order valence-electron chi connectivity index (χ0n) is 19.3. The van der Waals surface area contributed by atoms with Crippen LogP contribution in [-0.2, 0) is 6.61 Å². The Balaban J connectivity index is 1.12. The van der Waals surface area contributed by atoms with Gasteiger partial charge in [0.25, 0.3) is 5.91 Å². The predicted molar refractivity (Wildman–Crippen MR) is 131 cm³/mol. The van der Waals surface area contributed by atoms with Crippen molar-refractivity contribution in [1.82, 2.24) is 10.2 Å². The minimum atomic E-state index is -0.182. The maximum atomic E-state index is 12.5. The summed E-state index contributed by atoms with van der Waals surface area (Å²) in [5, 5.41) is 2.98. The van der Waals surface area contributed by atoms with E-state index in [0.717, 1.165) is 56.9 Å². The molecule has 1 aliphatic rings. The zero-order valence-corrected chi connectivity index (χ0v) is 19.3. The van der Waals surface area contributed by atoms with Gasteiger partial charge in [-0.05, 0) is 62.2 Å². The Morgan fingerprint density at radius 2 is 1.82 bits per heavy atom. The molecule has 33 heavy (non-hydrogen) atoms. The molecule has 1 amide bonds. The highest BCUT2D eigenvalue weighted by Gasteiger charge is 2.18. The third kappa shape index (κ3) is 6.62. The van der Waals surface area contributed by atoms with Gasteiger partial charge in [-0.25, -0.2) is 0 Å². The fourth-order valence-corrected chi connectivity index (χ4v) is 4.12. The van der Waals surface area contributed by atoms with Gasteiger partial charge in [0, 0.05) is 44.0 Å². The summed E-state index contributed by atoms with van der Waals surface area (Å²) in [7, 11) is 0. The van der Waals surface area contributed by atoms with Gasteiger partial charge in [-0.1, -0.05) is 30.3 Å². The van der Waals surface area contributed by atoms with Crippen molar-refractivity contribution in [3.63, 3.8) is 0 Å². The number of hydrogen-bond acceptors (Lipinski definition) is 5. The molecule has 2 heterocycles. The van der Waals surface area contributed by atoms with Crippen molar-refractivity contribution in [3.05, 3.63) is 83.8 Å². The van der Waals surface area contributed by atoms with Gasteiger partial charge in [-0.15, -0.1) is 0 Å². The highest BCUT2D eigenvalue weighted by atomic mass is 16.5. The summed E-state index contributed by atoms with van der Waals surface area (Å²) in [6.07, 6.45) is 3.54. The average molecular weight is 448 g/mol. The number of hydrogen-bond donors (Lipinski definition) is 1. The number of rotatable bonds is 10. The number of aryl methyl sites for hydroxylation is 1. The summed E-state index contributed by atoms with van der Waals surface area (Å²) >= 11 is 0. The minimum Gasteiger partial charge on any atom is -0.489 e. The Bertz CT molecular complexity index is 1010. The van der Waals surface area contributed by atoms with Gasteiger partial charge in [0.1, 0.15) is 12.4 Å². The monoisotopic (exact) mass is 447 g/mol. The van der Waals surface area contributed by atoms with Crippen LogP contribution < -0.4 is 15.0 Å². The van der Waals surface area contributed by atoms with E-state index in [1.807, 2.05) is 30.3 Å². The summed E-state index contributed by atoms with van der Waals surface area (Å²) in [4.78, 5) is 17.5. The van der Waals surface area contributed by atoms with Gasteiger partial charge >= 0.3 is 0 Å². The number of nitrogens with zero attached hydrogens (tertiary/aromatic N) is 2. The summed E-state index contributed by atoms with van der Waals surface area (Å²) in [5.74, 6) is 0.918. The number of ether oxygens (including phenoxy) is 1. The van der Waals surface area contributed by atoms with Crippen LogP contribution in [-0.4, -0.2) is 50.1 Å². The first-order chi connectivity index (χ1) is 16.2. The van der Waals surface area contributed by atoms with Crippen molar-refractivity contribution in [1.29, 1.82) is 0 Å². The number of para-hydroxylation sites is 1. The van der Waals surface area contributed by atoms with E-state index in [0.29, 0.717) is 18.9 Å². The Hall–Kier alpha value is -3.25. The van der Waals surface area contributed by atoms with Gasteiger partial charge in [0.05, 0.1) is 6.26 Å². The molecule has 6 nitrogen and oxygen atoms in total. The quantitative estimate of drug-likeness (QED) is 0.464. The van der Waals surface area contributed by atoms with E-state index in [9.17, 15) is 4.79 Å². The standard InChI is InChI=1S/C27H33N3O3/c1-22-8-7-9-24(20-22)30-17-15-29(16-18-30)14-6-5-13-28-27(31)26-23(12-19-32-26)21-33-25-10-3-2-4-11-25/h2-4,7-12,19-20H,5-6,13-18,21H2,1H3,(H,28,31). The van der Waals surface area contributed by atoms with Crippen LogP contribution >= 0.6 is 0 Å². The van der Waals surface area contributed by atoms with E-state index in [4.69, 9.17) is 9.15 Å². The van der Waals surface area contributed by atoms with Crippen LogP contribution in [0.2, 0.25) is 0 Å². The average Bonchev–Trinajstić information content (AvgIpc) is 3.32. The van der Waals surface area contributed by atoms with Gasteiger partial charge in [-0.2, -0.15) is 0 Å². The topological polar surface area (TPSA) is 58.0 Å². The number of unbranched alkanes of at least 4 members (excludes halogenated alkanes) is 1. The third-order valence-corrected chi connectivity index (χ3v) is 6.02. The first-order valence-corrected chi connectivity index (χ1v) is 11.8. The van der Waals surface area contributed by atoms with Crippen LogP contribution in [0.25, 0.3) is 0 Å². The number of benzene rings is 2. The SMILES string of the molecule is Cc1cccc(N2CCN(CCCCNC(=O)c3occc3COc3ccccc3)CC2)c1. The molecule has 0 bridgehead atoms. The number of nitrogens with one attached hydrogen (secondary N) is 1. The smallest absolute Gasteiger partial charge is 0.287 e. The van der Waals surface area contributed by atoms with E-state index < -0.39 is 0 Å². The van der Waals surface area contributed by atoms with Crippen molar-refractivity contribution < 1.29 is 13.9 Å². The van der Waals surface area contributed by atoms with Crippen molar-refractivity contribution in [2.24, 2.45) is 0 Å². The number of piperazine rings is 1. The number of carbonyl (C=O) groups excluding carboxylic acids is 1. The number of amides is 1. The van der Waals surface area contributed by atoms with Crippen molar-refractivity contribution in [2.75, 3.05) is 44.2 Å². The highest BCUT2D eigenvalue weighted by Crippen LogP contribution is 2.18. The number of anilines is 1. The molecule has 0 unspecified atom stereocenters. The maximum absolute atomic E-state index is 12.5. The highest BCUT2D eigenvalue weighted by molar-refractivity contribution is 5.92. The van der Waals surface area contributed by atoms with E-state index in [2.05, 4.69) is 46.3 Å². The second kappa shape index (κ2) is 11.6. The lowest BCUT2D eigenvalue weighted by Crippen LogP contribution is -2.46. The predicted octanol–water partition coefficient (Wildman–Crippen LogP) is 4.50. The van der Waals surface area contributed by atoms with Crippen LogP contribution in [0.4, 0.5) is 5.69 Å². The molecule has 0 spiro atoms. The molecular formula is C27H33N3O3. The van der Waals surface area contributed by atoms with Gasteiger partial charge < -0.3 is 19.4 Å². The van der Waals surface area contributed by atoms with Crippen molar-refractivity contribution >= 4 is 11.6 Å². The summed E-state index contributed by atoms with van der Waals surface area (Å²) < 4.78 is 11.2. The number of furan rings is 1. The molecule has 4 rings (SSSR count). The zero-order chi connectivity index (χ0) is 22.9. The van der Waals surface area contributed by atoms with Crippen molar-refractivity contribution in [2.45, 2.75) is 26.4 Å². The molecule has 1 saturated heterocycles. The second-order valence-electron chi connectivity index (χ2n) is 8.51. The van der Waals surface area contributed by atoms with E-state index in [-0.39, 0.29) is 5.91 Å². The Morgan fingerprint density at radius 3 is 2.61 bits per heavy atom. The summed E-state index contributed by atoms with van der Waals surface area (Å²) in [6.45, 7) is 8.44. The molecule has 1 fully saturated rings. The molecule has 0 aliphatic carbocycles. The summed E-state index contributed by atoms with van der Waals surface area (Å²) in [5.41, 5.74) is 3.38. The lowest BCUT2D eigenvalue weighted by Gasteiger charge is -2.36. The van der Waals surface area contributed by atoms with Gasteiger partial charge in [0.15, 0.2) is 5.76 Å². The lowest BCUT2D eigenvalue weighted by atomic mass is 10.2. The van der Waals surface area contributed by atoms with Crippen LogP contribution in [0.1, 0.15) is 34.5 Å². The van der Waals surface area contributed by atoms with Crippen LogP contribution in [0, 0.1) is 6.92 Å². The fourth-order valence-electron chi connectivity index (χ4n) is 4.12. The molecule has 0 saturated carbocycles. The third-order valence-electron chi connectivity index (χ3n) is 6.02. The first-order valence-electron chi connectivity index (χ1n) is 11.8. The second-order valence-corrected chi connectivity index (χ2v) is 8.51. The van der Waals surface area contributed by atoms with E-state index >= 15 is 0 Å². The lowest BCUT2D eigenvalue weighted by molar-refractivity contribution is 0.0921. The van der Waals surface area contributed by atoms with E-state index in [1.54, 1.807) is 6.07 Å². The van der Waals surface area contributed by atoms with Gasteiger partial charge in [-0.3, -0.25) is 9.69 Å². The van der Waals surface area contributed by atoms with E-state index in [1.165, 1.54) is 17.5 Å². The van der Waals surface area contributed by atoms with Crippen LogP contribution in [0.15, 0.2) is 71.3 Å². The van der Waals surface area contributed by atoms with Crippen LogP contribution in [0.3, 0.4) is 0 Å². The maximum Gasteiger partial charge on any atom is 0.287 e. The minimum absolute atomic E-state index is 0.182. The normalized spacial score (nSPS) is 14.3. The molecule has 1 N–H and O–H groups in total. The van der Waals surface area contributed by atoms with Gasteiger partial charge in [0.2, 0.25) is 0 Å².